The normalized spacial score (nSPS) is 11.9. The average molecular weight is 748 g/mol. The van der Waals surface area contributed by atoms with Gasteiger partial charge in [-0.3, -0.25) is 0 Å². The van der Waals surface area contributed by atoms with Gasteiger partial charge in [0.25, 0.3) is 0 Å². The molecule has 0 spiro atoms. The molecule has 0 amide bonds. The van der Waals surface area contributed by atoms with Gasteiger partial charge in [0.1, 0.15) is 22.3 Å². The zero-order valence-electron chi connectivity index (χ0n) is 30.7. The van der Waals surface area contributed by atoms with Gasteiger partial charge in [0.05, 0.1) is 0 Å². The van der Waals surface area contributed by atoms with Crippen molar-refractivity contribution in [1.29, 1.82) is 0 Å². The molecule has 6 heteroatoms. The van der Waals surface area contributed by atoms with Gasteiger partial charge in [-0.2, -0.15) is 0 Å². The first-order valence-corrected chi connectivity index (χ1v) is 21.1. The van der Waals surface area contributed by atoms with Gasteiger partial charge in [0.2, 0.25) is 0 Å². The Hall–Kier alpha value is -7.41. The van der Waals surface area contributed by atoms with Crippen molar-refractivity contribution in [2.24, 2.45) is 0 Å². The monoisotopic (exact) mass is 747 g/mol. The molecule has 8 aromatic carbocycles. The van der Waals surface area contributed by atoms with Gasteiger partial charge in [0, 0.05) is 38.2 Å². The second-order valence-electron chi connectivity index (χ2n) is 14.4. The average Bonchev–Trinajstić information content (AvgIpc) is 3.85. The van der Waals surface area contributed by atoms with Crippen LogP contribution in [0.25, 0.3) is 78.0 Å². The third-order valence-electron chi connectivity index (χ3n) is 11.1. The largest absolute Gasteiger partial charge is 0.456 e. The van der Waals surface area contributed by atoms with Crippen molar-refractivity contribution in [2.45, 2.75) is 0 Å². The summed E-state index contributed by atoms with van der Waals surface area (Å²) in [6.07, 6.45) is 0. The fourth-order valence-electron chi connectivity index (χ4n) is 8.44. The highest BCUT2D eigenvalue weighted by Gasteiger charge is 2.42. The first-order valence-electron chi connectivity index (χ1n) is 19.1. The van der Waals surface area contributed by atoms with Crippen LogP contribution in [-0.2, 0) is 0 Å². The predicted molar refractivity (Wildman–Crippen MR) is 234 cm³/mol. The number of benzene rings is 8. The van der Waals surface area contributed by atoms with E-state index in [2.05, 4.69) is 127 Å². The highest BCUT2D eigenvalue weighted by molar-refractivity contribution is 7.20. The SMILES string of the molecule is c1ccc(-c2nc(-c3cccc([Si](c4ccccc4)(c4ccccc4)c4ccc5c(c4)oc4ccccc45)c3)nc(-c3ccc4oc5ccccc5c4c3)n2)cc1. The number of hydrogen-bond acceptors (Lipinski definition) is 5. The summed E-state index contributed by atoms with van der Waals surface area (Å²) in [6, 6.07) is 70.2. The maximum absolute atomic E-state index is 6.53. The van der Waals surface area contributed by atoms with Crippen LogP contribution in [0, 0.1) is 0 Å². The lowest BCUT2D eigenvalue weighted by molar-refractivity contribution is 0.668. The molecule has 0 aliphatic rings. The quantitative estimate of drug-likeness (QED) is 0.120. The minimum Gasteiger partial charge on any atom is -0.456 e. The van der Waals surface area contributed by atoms with Crippen LogP contribution < -0.4 is 20.7 Å². The Labute approximate surface area is 329 Å². The molecule has 0 unspecified atom stereocenters. The smallest absolute Gasteiger partial charge is 0.179 e. The number of fused-ring (bicyclic) bond motifs is 6. The molecule has 0 bridgehead atoms. The molecule has 11 rings (SSSR count). The van der Waals surface area contributed by atoms with E-state index in [4.69, 9.17) is 23.8 Å². The van der Waals surface area contributed by atoms with E-state index in [-0.39, 0.29) is 0 Å². The Kier molecular flexibility index (Phi) is 7.76. The standard InChI is InChI=1S/C51H33N3O2Si/c1-4-15-34(16-5-1)49-52-50(54-51(53-49)36-27-30-47-44(32-36)42-24-11-13-26-46(42)55-47)35-17-14-22-39(31-35)57(37-18-6-2-7-19-37,38-20-8-3-9-21-38)40-28-29-43-41-23-10-12-25-45(41)56-48(43)33-40/h1-33H. The van der Waals surface area contributed by atoms with E-state index in [1.807, 2.05) is 72.8 Å². The molecule has 0 radical (unpaired) electrons. The topological polar surface area (TPSA) is 65.0 Å². The molecule has 3 aromatic heterocycles. The van der Waals surface area contributed by atoms with Crippen LogP contribution in [0.3, 0.4) is 0 Å². The summed E-state index contributed by atoms with van der Waals surface area (Å²) >= 11 is 0. The zero-order valence-corrected chi connectivity index (χ0v) is 31.7. The Morgan fingerprint density at radius 3 is 1.40 bits per heavy atom. The van der Waals surface area contributed by atoms with E-state index in [1.165, 1.54) is 20.7 Å². The van der Waals surface area contributed by atoms with Crippen molar-refractivity contribution < 1.29 is 8.83 Å². The third-order valence-corrected chi connectivity index (χ3v) is 15.8. The molecular formula is C51H33N3O2Si. The van der Waals surface area contributed by atoms with Gasteiger partial charge < -0.3 is 8.83 Å². The minimum absolute atomic E-state index is 0.599. The fraction of sp³-hybridized carbons (Fsp3) is 0. The van der Waals surface area contributed by atoms with E-state index in [0.29, 0.717) is 17.5 Å². The van der Waals surface area contributed by atoms with Crippen molar-refractivity contribution in [3.8, 4) is 34.2 Å². The molecule has 0 aliphatic heterocycles. The van der Waals surface area contributed by atoms with Crippen molar-refractivity contribution >= 4 is 72.7 Å². The van der Waals surface area contributed by atoms with Gasteiger partial charge in [-0.1, -0.05) is 164 Å². The van der Waals surface area contributed by atoms with Gasteiger partial charge in [-0.05, 0) is 57.1 Å². The summed E-state index contributed by atoms with van der Waals surface area (Å²) in [5.41, 5.74) is 6.17. The van der Waals surface area contributed by atoms with E-state index < -0.39 is 8.07 Å². The van der Waals surface area contributed by atoms with Crippen LogP contribution in [-0.4, -0.2) is 23.0 Å². The molecule has 57 heavy (non-hydrogen) atoms. The molecule has 0 saturated heterocycles. The zero-order chi connectivity index (χ0) is 37.8. The van der Waals surface area contributed by atoms with Crippen LogP contribution in [0.5, 0.6) is 0 Å². The summed E-state index contributed by atoms with van der Waals surface area (Å²) in [4.78, 5) is 15.5. The molecule has 11 aromatic rings. The van der Waals surface area contributed by atoms with Gasteiger partial charge in [-0.25, -0.2) is 15.0 Å². The Balaban J connectivity index is 1.15. The highest BCUT2D eigenvalue weighted by Crippen LogP contribution is 2.33. The van der Waals surface area contributed by atoms with E-state index in [9.17, 15) is 0 Å². The van der Waals surface area contributed by atoms with Gasteiger partial charge >= 0.3 is 0 Å². The Morgan fingerprint density at radius 1 is 0.281 bits per heavy atom. The molecule has 0 aliphatic carbocycles. The van der Waals surface area contributed by atoms with E-state index >= 15 is 0 Å². The second kappa shape index (κ2) is 13.4. The first kappa shape index (κ1) is 33.0. The van der Waals surface area contributed by atoms with Crippen LogP contribution in [0.4, 0.5) is 0 Å². The Bertz CT molecular complexity index is 3210. The maximum atomic E-state index is 6.53. The molecule has 3 heterocycles. The van der Waals surface area contributed by atoms with Crippen LogP contribution in [0.1, 0.15) is 0 Å². The minimum atomic E-state index is -2.98. The van der Waals surface area contributed by atoms with Gasteiger partial charge in [0.15, 0.2) is 25.5 Å². The van der Waals surface area contributed by atoms with Crippen molar-refractivity contribution in [1.82, 2.24) is 15.0 Å². The summed E-state index contributed by atoms with van der Waals surface area (Å²) in [5, 5.41) is 9.29. The lowest BCUT2D eigenvalue weighted by Gasteiger charge is -2.34. The van der Waals surface area contributed by atoms with Crippen molar-refractivity contribution in [3.63, 3.8) is 0 Å². The number of nitrogens with zero attached hydrogens (tertiary/aromatic N) is 3. The van der Waals surface area contributed by atoms with E-state index in [0.717, 1.165) is 60.6 Å². The number of rotatable bonds is 7. The first-order chi connectivity index (χ1) is 28.2. The van der Waals surface area contributed by atoms with Crippen molar-refractivity contribution in [2.75, 3.05) is 0 Å². The molecule has 0 N–H and O–H groups in total. The lowest BCUT2D eigenvalue weighted by atomic mass is 10.1. The molecule has 0 atom stereocenters. The number of para-hydroxylation sites is 2. The number of hydrogen-bond donors (Lipinski definition) is 0. The fourth-order valence-corrected chi connectivity index (χ4v) is 13.2. The van der Waals surface area contributed by atoms with E-state index in [1.54, 1.807) is 0 Å². The predicted octanol–water partition coefficient (Wildman–Crippen LogP) is 10.0. The summed E-state index contributed by atoms with van der Waals surface area (Å²) in [7, 11) is -2.98. The second-order valence-corrected chi connectivity index (χ2v) is 18.2. The lowest BCUT2D eigenvalue weighted by Crippen LogP contribution is -2.74. The molecule has 0 fully saturated rings. The van der Waals surface area contributed by atoms with Crippen LogP contribution >= 0.6 is 0 Å². The number of furan rings is 2. The van der Waals surface area contributed by atoms with Crippen LogP contribution in [0.2, 0.25) is 0 Å². The third kappa shape index (κ3) is 5.49. The summed E-state index contributed by atoms with van der Waals surface area (Å²) in [5.74, 6) is 1.82. The molecule has 5 nitrogen and oxygen atoms in total. The van der Waals surface area contributed by atoms with Crippen molar-refractivity contribution in [3.05, 3.63) is 200 Å². The number of aromatic nitrogens is 3. The van der Waals surface area contributed by atoms with Crippen LogP contribution in [0.15, 0.2) is 209 Å². The molecule has 268 valence electrons. The summed E-state index contributed by atoms with van der Waals surface area (Å²) < 4.78 is 12.7. The van der Waals surface area contributed by atoms with Gasteiger partial charge in [-0.15, -0.1) is 0 Å². The summed E-state index contributed by atoms with van der Waals surface area (Å²) in [6.45, 7) is 0. The molecular weight excluding hydrogens is 715 g/mol. The molecule has 0 saturated carbocycles. The maximum Gasteiger partial charge on any atom is 0.179 e. The Morgan fingerprint density at radius 2 is 0.737 bits per heavy atom. The highest BCUT2D eigenvalue weighted by atomic mass is 28.3.